The van der Waals surface area contributed by atoms with E-state index >= 15 is 0 Å². The first kappa shape index (κ1) is 14.0. The molecule has 1 aliphatic carbocycles. The molecule has 0 aliphatic heterocycles. The van der Waals surface area contributed by atoms with E-state index in [0.717, 1.165) is 17.3 Å². The molecule has 0 amide bonds. The molecule has 1 aromatic rings. The van der Waals surface area contributed by atoms with Crippen molar-refractivity contribution in [3.05, 3.63) is 34.3 Å². The van der Waals surface area contributed by atoms with E-state index in [1.54, 1.807) is 0 Å². The molecule has 0 spiro atoms. The molecule has 0 radical (unpaired) electrons. The van der Waals surface area contributed by atoms with Crippen LogP contribution in [0.15, 0.2) is 28.7 Å². The molecule has 0 bridgehead atoms. The maximum absolute atomic E-state index is 9.14. The predicted octanol–water partition coefficient (Wildman–Crippen LogP) is 3.65. The molecule has 1 aromatic carbocycles. The molecule has 3 heteroatoms. The van der Waals surface area contributed by atoms with Crippen molar-refractivity contribution in [2.45, 2.75) is 44.7 Å². The summed E-state index contributed by atoms with van der Waals surface area (Å²) in [7, 11) is 0. The van der Waals surface area contributed by atoms with E-state index in [0.29, 0.717) is 24.6 Å². The summed E-state index contributed by atoms with van der Waals surface area (Å²) in [5.74, 6) is 0.533. The highest BCUT2D eigenvalue weighted by atomic mass is 79.9. The van der Waals surface area contributed by atoms with Crippen molar-refractivity contribution < 1.29 is 5.11 Å². The third kappa shape index (κ3) is 3.81. The fraction of sp³-hybridized carbons (Fsp3) is 0.600. The third-order valence-electron chi connectivity index (χ3n) is 3.96. The van der Waals surface area contributed by atoms with Crippen LogP contribution < -0.4 is 5.32 Å². The number of benzene rings is 1. The van der Waals surface area contributed by atoms with Gasteiger partial charge in [-0.15, -0.1) is 0 Å². The topological polar surface area (TPSA) is 32.3 Å². The minimum atomic E-state index is 0.356. The van der Waals surface area contributed by atoms with Crippen molar-refractivity contribution in [2.75, 3.05) is 6.61 Å². The average molecular weight is 312 g/mol. The van der Waals surface area contributed by atoms with Gasteiger partial charge in [-0.2, -0.15) is 0 Å². The minimum Gasteiger partial charge on any atom is -0.396 e. The van der Waals surface area contributed by atoms with E-state index in [2.05, 4.69) is 52.4 Å². The van der Waals surface area contributed by atoms with E-state index in [9.17, 15) is 0 Å². The monoisotopic (exact) mass is 311 g/mol. The molecule has 2 rings (SSSR count). The highest BCUT2D eigenvalue weighted by Crippen LogP contribution is 2.26. The Kier molecular flexibility index (Phi) is 5.22. The Hall–Kier alpha value is -0.380. The summed E-state index contributed by atoms with van der Waals surface area (Å²) in [6, 6.07) is 9.52. The summed E-state index contributed by atoms with van der Waals surface area (Å²) in [6.45, 7) is 2.58. The van der Waals surface area contributed by atoms with Crippen molar-refractivity contribution >= 4 is 15.9 Å². The van der Waals surface area contributed by atoms with Crippen LogP contribution in [-0.4, -0.2) is 17.8 Å². The molecule has 18 heavy (non-hydrogen) atoms. The zero-order valence-corrected chi connectivity index (χ0v) is 12.5. The standard InChI is InChI=1S/C15H22BrNO/c1-11(13-4-6-14(16)7-5-13)17-15-8-2-12(10-18)3-9-15/h4-7,11-12,15,17-18H,2-3,8-10H2,1H3. The van der Waals surface area contributed by atoms with Gasteiger partial charge in [-0.25, -0.2) is 0 Å². The van der Waals surface area contributed by atoms with Crippen molar-refractivity contribution in [1.82, 2.24) is 5.32 Å². The summed E-state index contributed by atoms with van der Waals surface area (Å²) < 4.78 is 1.13. The van der Waals surface area contributed by atoms with Gasteiger partial charge in [-0.3, -0.25) is 0 Å². The van der Waals surface area contributed by atoms with Gasteiger partial charge in [0.05, 0.1) is 0 Å². The molecule has 0 heterocycles. The van der Waals surface area contributed by atoms with Crippen molar-refractivity contribution in [3.63, 3.8) is 0 Å². The fourth-order valence-corrected chi connectivity index (χ4v) is 2.98. The molecule has 1 aliphatic rings. The molecule has 0 aromatic heterocycles. The predicted molar refractivity (Wildman–Crippen MR) is 78.5 cm³/mol. The summed E-state index contributed by atoms with van der Waals surface area (Å²) in [5, 5.41) is 12.8. The zero-order chi connectivity index (χ0) is 13.0. The van der Waals surface area contributed by atoms with E-state index < -0.39 is 0 Å². The summed E-state index contributed by atoms with van der Waals surface area (Å²) in [5.41, 5.74) is 1.34. The largest absolute Gasteiger partial charge is 0.396 e. The van der Waals surface area contributed by atoms with Crippen LogP contribution >= 0.6 is 15.9 Å². The van der Waals surface area contributed by atoms with Gasteiger partial charge in [0.15, 0.2) is 0 Å². The van der Waals surface area contributed by atoms with Crippen LogP contribution in [-0.2, 0) is 0 Å². The highest BCUT2D eigenvalue weighted by molar-refractivity contribution is 9.10. The van der Waals surface area contributed by atoms with Gasteiger partial charge < -0.3 is 10.4 Å². The first-order chi connectivity index (χ1) is 8.69. The van der Waals surface area contributed by atoms with Gasteiger partial charge in [0, 0.05) is 23.2 Å². The molecule has 1 saturated carbocycles. The number of aliphatic hydroxyl groups is 1. The molecular formula is C15H22BrNO. The molecule has 0 saturated heterocycles. The molecule has 1 unspecified atom stereocenters. The first-order valence-corrected chi connectivity index (χ1v) is 7.60. The van der Waals surface area contributed by atoms with Crippen molar-refractivity contribution in [3.8, 4) is 0 Å². The SMILES string of the molecule is CC(NC1CCC(CO)CC1)c1ccc(Br)cc1. The Morgan fingerprint density at radius 2 is 1.83 bits per heavy atom. The van der Waals surface area contributed by atoms with Crippen LogP contribution in [0.5, 0.6) is 0 Å². The zero-order valence-electron chi connectivity index (χ0n) is 10.9. The first-order valence-electron chi connectivity index (χ1n) is 6.81. The van der Waals surface area contributed by atoms with E-state index in [4.69, 9.17) is 5.11 Å². The van der Waals surface area contributed by atoms with Gasteiger partial charge in [0.2, 0.25) is 0 Å². The highest BCUT2D eigenvalue weighted by Gasteiger charge is 2.21. The number of halogens is 1. The number of rotatable bonds is 4. The van der Waals surface area contributed by atoms with E-state index in [1.165, 1.54) is 18.4 Å². The van der Waals surface area contributed by atoms with Crippen LogP contribution in [0.25, 0.3) is 0 Å². The lowest BCUT2D eigenvalue weighted by atomic mass is 9.86. The second-order valence-corrected chi connectivity index (χ2v) is 6.26. The summed E-state index contributed by atoms with van der Waals surface area (Å²) in [6.07, 6.45) is 4.68. The lowest BCUT2D eigenvalue weighted by molar-refractivity contribution is 0.172. The van der Waals surface area contributed by atoms with Gasteiger partial charge in [0.25, 0.3) is 0 Å². The second-order valence-electron chi connectivity index (χ2n) is 5.34. The Balaban J connectivity index is 1.84. The molecule has 2 N–H and O–H groups in total. The Bertz CT molecular complexity index is 357. The van der Waals surface area contributed by atoms with Gasteiger partial charge >= 0.3 is 0 Å². The molecular weight excluding hydrogens is 290 g/mol. The molecule has 100 valence electrons. The number of hydrogen-bond acceptors (Lipinski definition) is 2. The lowest BCUT2D eigenvalue weighted by Gasteiger charge is -2.30. The summed E-state index contributed by atoms with van der Waals surface area (Å²) >= 11 is 3.46. The number of aliphatic hydroxyl groups excluding tert-OH is 1. The van der Waals surface area contributed by atoms with Crippen LogP contribution in [0.4, 0.5) is 0 Å². The Morgan fingerprint density at radius 1 is 1.22 bits per heavy atom. The van der Waals surface area contributed by atoms with E-state index in [1.807, 2.05) is 0 Å². The maximum atomic E-state index is 9.14. The average Bonchev–Trinajstić information content (AvgIpc) is 2.40. The van der Waals surface area contributed by atoms with Crippen LogP contribution in [0.3, 0.4) is 0 Å². The second kappa shape index (κ2) is 6.69. The Morgan fingerprint density at radius 3 is 2.39 bits per heavy atom. The Labute approximate surface area is 118 Å². The van der Waals surface area contributed by atoms with Crippen LogP contribution in [0.2, 0.25) is 0 Å². The van der Waals surface area contributed by atoms with Gasteiger partial charge in [0.1, 0.15) is 0 Å². The number of hydrogen-bond donors (Lipinski definition) is 2. The molecule has 2 nitrogen and oxygen atoms in total. The van der Waals surface area contributed by atoms with Gasteiger partial charge in [-0.05, 0) is 56.2 Å². The maximum Gasteiger partial charge on any atom is 0.0459 e. The quantitative estimate of drug-likeness (QED) is 0.889. The lowest BCUT2D eigenvalue weighted by Crippen LogP contribution is -2.35. The van der Waals surface area contributed by atoms with Crippen LogP contribution in [0, 0.1) is 5.92 Å². The fourth-order valence-electron chi connectivity index (χ4n) is 2.71. The number of nitrogens with one attached hydrogen (secondary N) is 1. The van der Waals surface area contributed by atoms with Crippen LogP contribution in [0.1, 0.15) is 44.2 Å². The summed E-state index contributed by atoms with van der Waals surface area (Å²) in [4.78, 5) is 0. The van der Waals surface area contributed by atoms with Crippen molar-refractivity contribution in [2.24, 2.45) is 5.92 Å². The molecule has 1 fully saturated rings. The normalized spacial score (nSPS) is 25.9. The third-order valence-corrected chi connectivity index (χ3v) is 4.49. The van der Waals surface area contributed by atoms with Gasteiger partial charge in [-0.1, -0.05) is 28.1 Å². The smallest absolute Gasteiger partial charge is 0.0459 e. The van der Waals surface area contributed by atoms with Crippen molar-refractivity contribution in [1.29, 1.82) is 0 Å². The molecule has 1 atom stereocenters. The van der Waals surface area contributed by atoms with E-state index in [-0.39, 0.29) is 0 Å². The minimum absolute atomic E-state index is 0.356.